The van der Waals surface area contributed by atoms with Gasteiger partial charge in [-0.05, 0) is 18.2 Å². The van der Waals surface area contributed by atoms with Crippen LogP contribution < -0.4 is 10.5 Å². The van der Waals surface area contributed by atoms with Crippen LogP contribution in [0.2, 0.25) is 5.02 Å². The van der Waals surface area contributed by atoms with E-state index in [9.17, 15) is 9.59 Å². The van der Waals surface area contributed by atoms with Crippen molar-refractivity contribution in [2.24, 2.45) is 5.73 Å². The van der Waals surface area contributed by atoms with Gasteiger partial charge in [0.15, 0.2) is 0 Å². The van der Waals surface area contributed by atoms with Gasteiger partial charge >= 0.3 is 12.1 Å². The molecule has 0 bridgehead atoms. The quantitative estimate of drug-likeness (QED) is 0.781. The maximum Gasteiger partial charge on any atom is 0.409 e. The molecule has 1 aromatic rings. The van der Waals surface area contributed by atoms with Crippen LogP contribution in [-0.4, -0.2) is 19.2 Å². The van der Waals surface area contributed by atoms with Crippen LogP contribution in [0.15, 0.2) is 18.2 Å². The van der Waals surface area contributed by atoms with Crippen molar-refractivity contribution in [2.75, 3.05) is 7.11 Å². The van der Waals surface area contributed by atoms with Crippen LogP contribution in [0.25, 0.3) is 0 Å². The van der Waals surface area contributed by atoms with Crippen LogP contribution in [0.3, 0.4) is 0 Å². The van der Waals surface area contributed by atoms with Crippen molar-refractivity contribution in [3.05, 3.63) is 28.8 Å². The Labute approximate surface area is 90.7 Å². The summed E-state index contributed by atoms with van der Waals surface area (Å²) in [5.41, 5.74) is 4.87. The molecule has 1 aromatic carbocycles. The summed E-state index contributed by atoms with van der Waals surface area (Å²) in [6, 6.07) is 4.15. The number of halogens is 1. The zero-order valence-corrected chi connectivity index (χ0v) is 8.58. The molecule has 0 aliphatic carbocycles. The van der Waals surface area contributed by atoms with Gasteiger partial charge in [0.2, 0.25) is 0 Å². The second kappa shape index (κ2) is 4.65. The highest BCUT2D eigenvalue weighted by atomic mass is 35.5. The molecular weight excluding hydrogens is 222 g/mol. The summed E-state index contributed by atoms with van der Waals surface area (Å²) in [5.74, 6) is -0.646. The van der Waals surface area contributed by atoms with Gasteiger partial charge < -0.3 is 15.2 Å². The number of hydrogen-bond acceptors (Lipinski definition) is 4. The first kappa shape index (κ1) is 11.3. The predicted octanol–water partition coefficient (Wildman–Crippen LogP) is 1.58. The number of carbonyl (C=O) groups excluding carboxylic acids is 2. The van der Waals surface area contributed by atoms with Crippen LogP contribution in [0.1, 0.15) is 10.4 Å². The number of primary amides is 1. The number of ether oxygens (including phenoxy) is 2. The lowest BCUT2D eigenvalue weighted by Crippen LogP contribution is -2.18. The Bertz CT molecular complexity index is 405. The maximum absolute atomic E-state index is 11.3. The second-order valence-corrected chi connectivity index (χ2v) is 2.99. The van der Waals surface area contributed by atoms with Crippen molar-refractivity contribution in [1.82, 2.24) is 0 Å². The van der Waals surface area contributed by atoms with E-state index in [2.05, 4.69) is 9.47 Å². The number of esters is 1. The first-order valence-electron chi connectivity index (χ1n) is 3.89. The molecule has 0 aliphatic rings. The van der Waals surface area contributed by atoms with Crippen molar-refractivity contribution >= 4 is 23.7 Å². The molecule has 0 radical (unpaired) electrons. The standard InChI is InChI=1S/C9H8ClNO4/c1-14-8(12)6-4-5(10)2-3-7(6)15-9(11)13/h2-4H,1H3,(H2,11,13). The first-order chi connectivity index (χ1) is 7.04. The van der Waals surface area contributed by atoms with Crippen LogP contribution in [-0.2, 0) is 4.74 Å². The van der Waals surface area contributed by atoms with E-state index in [1.807, 2.05) is 0 Å². The fourth-order valence-corrected chi connectivity index (χ4v) is 1.14. The predicted molar refractivity (Wildman–Crippen MR) is 53.0 cm³/mol. The summed E-state index contributed by atoms with van der Waals surface area (Å²) in [7, 11) is 1.21. The molecule has 0 atom stereocenters. The summed E-state index contributed by atoms with van der Waals surface area (Å²) >= 11 is 5.67. The van der Waals surface area contributed by atoms with E-state index < -0.39 is 12.1 Å². The molecule has 2 N–H and O–H groups in total. The summed E-state index contributed by atoms with van der Waals surface area (Å²) in [6.45, 7) is 0. The first-order valence-corrected chi connectivity index (χ1v) is 4.27. The van der Waals surface area contributed by atoms with Crippen LogP contribution in [0, 0.1) is 0 Å². The van der Waals surface area contributed by atoms with Gasteiger partial charge in [0, 0.05) is 5.02 Å². The van der Waals surface area contributed by atoms with Gasteiger partial charge in [0.1, 0.15) is 11.3 Å². The third-order valence-corrected chi connectivity index (χ3v) is 1.79. The fourth-order valence-electron chi connectivity index (χ4n) is 0.969. The van der Waals surface area contributed by atoms with Crippen LogP contribution >= 0.6 is 11.6 Å². The molecule has 0 fully saturated rings. The molecule has 5 nitrogen and oxygen atoms in total. The Hall–Kier alpha value is -1.75. The number of amides is 1. The topological polar surface area (TPSA) is 78.6 Å². The van der Waals surface area contributed by atoms with Gasteiger partial charge in [-0.25, -0.2) is 9.59 Å². The minimum Gasteiger partial charge on any atom is -0.465 e. The zero-order valence-electron chi connectivity index (χ0n) is 7.82. The van der Waals surface area contributed by atoms with Crippen molar-refractivity contribution in [2.45, 2.75) is 0 Å². The maximum atomic E-state index is 11.3. The highest BCUT2D eigenvalue weighted by Gasteiger charge is 2.15. The summed E-state index contributed by atoms with van der Waals surface area (Å²) in [6.07, 6.45) is -1.01. The monoisotopic (exact) mass is 229 g/mol. The van der Waals surface area contributed by atoms with Crippen molar-refractivity contribution < 1.29 is 19.1 Å². The van der Waals surface area contributed by atoms with E-state index >= 15 is 0 Å². The van der Waals surface area contributed by atoms with Gasteiger partial charge in [-0.2, -0.15) is 0 Å². The molecule has 0 aromatic heterocycles. The molecular formula is C9H8ClNO4. The molecule has 0 spiro atoms. The normalized spacial score (nSPS) is 9.47. The molecule has 0 heterocycles. The lowest BCUT2D eigenvalue weighted by molar-refractivity contribution is 0.0598. The van der Waals surface area contributed by atoms with Gasteiger partial charge in [0.05, 0.1) is 7.11 Å². The van der Waals surface area contributed by atoms with Gasteiger partial charge in [0.25, 0.3) is 0 Å². The smallest absolute Gasteiger partial charge is 0.409 e. The number of methoxy groups -OCH3 is 1. The molecule has 0 saturated heterocycles. The Morgan fingerprint density at radius 1 is 1.40 bits per heavy atom. The average Bonchev–Trinajstić information content (AvgIpc) is 2.19. The zero-order chi connectivity index (χ0) is 11.4. The third kappa shape index (κ3) is 2.85. The molecule has 15 heavy (non-hydrogen) atoms. The van der Waals surface area contributed by atoms with E-state index in [0.29, 0.717) is 5.02 Å². The third-order valence-electron chi connectivity index (χ3n) is 1.56. The van der Waals surface area contributed by atoms with E-state index in [0.717, 1.165) is 0 Å². The highest BCUT2D eigenvalue weighted by molar-refractivity contribution is 6.31. The summed E-state index contributed by atoms with van der Waals surface area (Å²) < 4.78 is 9.09. The minimum atomic E-state index is -1.01. The molecule has 1 amide bonds. The molecule has 80 valence electrons. The lowest BCUT2D eigenvalue weighted by Gasteiger charge is -2.06. The van der Waals surface area contributed by atoms with E-state index in [-0.39, 0.29) is 11.3 Å². The molecule has 0 aliphatic heterocycles. The van der Waals surface area contributed by atoms with Gasteiger partial charge in [-0.15, -0.1) is 0 Å². The van der Waals surface area contributed by atoms with E-state index in [4.69, 9.17) is 17.3 Å². The highest BCUT2D eigenvalue weighted by Crippen LogP contribution is 2.23. The number of rotatable bonds is 2. The second-order valence-electron chi connectivity index (χ2n) is 2.55. The fraction of sp³-hybridized carbons (Fsp3) is 0.111. The summed E-state index contributed by atoms with van der Waals surface area (Å²) in [5, 5.41) is 0.326. The SMILES string of the molecule is COC(=O)c1cc(Cl)ccc1OC(N)=O. The van der Waals surface area contributed by atoms with Gasteiger partial charge in [-0.1, -0.05) is 11.6 Å². The van der Waals surface area contributed by atoms with Crippen molar-refractivity contribution in [1.29, 1.82) is 0 Å². The Morgan fingerprint density at radius 2 is 2.07 bits per heavy atom. The summed E-state index contributed by atoms with van der Waals surface area (Å²) in [4.78, 5) is 21.8. The Balaban J connectivity index is 3.14. The molecule has 6 heteroatoms. The van der Waals surface area contributed by atoms with Gasteiger partial charge in [-0.3, -0.25) is 0 Å². The van der Waals surface area contributed by atoms with E-state index in [1.165, 1.54) is 25.3 Å². The van der Waals surface area contributed by atoms with E-state index in [1.54, 1.807) is 0 Å². The molecule has 1 rings (SSSR count). The number of nitrogens with two attached hydrogens (primary N) is 1. The molecule has 0 unspecified atom stereocenters. The van der Waals surface area contributed by atoms with Crippen LogP contribution in [0.4, 0.5) is 4.79 Å². The lowest BCUT2D eigenvalue weighted by atomic mass is 10.2. The van der Waals surface area contributed by atoms with Crippen molar-refractivity contribution in [3.8, 4) is 5.75 Å². The Morgan fingerprint density at radius 3 is 2.60 bits per heavy atom. The minimum absolute atomic E-state index is 0.0127. The number of carbonyl (C=O) groups is 2. The average molecular weight is 230 g/mol. The Kier molecular flexibility index (Phi) is 3.51. The van der Waals surface area contributed by atoms with Crippen LogP contribution in [0.5, 0.6) is 5.75 Å². The number of benzene rings is 1. The van der Waals surface area contributed by atoms with Crippen molar-refractivity contribution in [3.63, 3.8) is 0 Å². The largest absolute Gasteiger partial charge is 0.465 e. The number of hydrogen-bond donors (Lipinski definition) is 1. The molecule has 0 saturated carbocycles.